The van der Waals surface area contributed by atoms with E-state index >= 15 is 0 Å². The smallest absolute Gasteiger partial charge is 0.261 e. The second kappa shape index (κ2) is 7.09. The third-order valence-corrected chi connectivity index (χ3v) is 5.56. The summed E-state index contributed by atoms with van der Waals surface area (Å²) in [5.41, 5.74) is 4.04. The quantitative estimate of drug-likeness (QED) is 0.487. The van der Waals surface area contributed by atoms with Gasteiger partial charge in [0.25, 0.3) is 5.91 Å². The average molecular weight is 392 g/mol. The number of amides is 1. The third-order valence-electron chi connectivity index (χ3n) is 4.66. The number of rotatable bonds is 4. The minimum atomic E-state index is -0.283. The van der Waals surface area contributed by atoms with E-state index in [-0.39, 0.29) is 17.6 Å². The van der Waals surface area contributed by atoms with Crippen molar-refractivity contribution in [2.24, 2.45) is 0 Å². The maximum Gasteiger partial charge on any atom is 0.261 e. The maximum absolute atomic E-state index is 12.9. The zero-order valence-corrected chi connectivity index (χ0v) is 16.6. The minimum absolute atomic E-state index is 0.142. The van der Waals surface area contributed by atoms with Crippen molar-refractivity contribution in [3.63, 3.8) is 0 Å². The molecule has 4 rings (SSSR count). The predicted octanol–water partition coefficient (Wildman–Crippen LogP) is 4.85. The van der Waals surface area contributed by atoms with E-state index in [1.54, 1.807) is 28.1 Å². The summed E-state index contributed by atoms with van der Waals surface area (Å²) < 4.78 is 1.68. The first-order valence-electron chi connectivity index (χ1n) is 8.97. The van der Waals surface area contributed by atoms with Crippen LogP contribution in [0.5, 0.6) is 5.75 Å². The number of fused-ring (bicyclic) bond motifs is 1. The molecule has 0 aliphatic carbocycles. The second-order valence-corrected chi connectivity index (χ2v) is 7.88. The highest BCUT2D eigenvalue weighted by atomic mass is 32.1. The largest absolute Gasteiger partial charge is 0.508 e. The van der Waals surface area contributed by atoms with Crippen LogP contribution in [-0.2, 0) is 0 Å². The van der Waals surface area contributed by atoms with Crippen molar-refractivity contribution in [2.75, 3.05) is 5.32 Å². The van der Waals surface area contributed by atoms with Crippen LogP contribution in [0.4, 0.5) is 5.69 Å². The molecule has 6 nitrogen and oxygen atoms in total. The third kappa shape index (κ3) is 3.14. The number of carbonyl (C=O) groups is 1. The molecule has 2 N–H and O–H groups in total. The van der Waals surface area contributed by atoms with Crippen LogP contribution in [0, 0.1) is 6.92 Å². The molecule has 4 aromatic rings. The molecule has 3 aromatic heterocycles. The van der Waals surface area contributed by atoms with Crippen LogP contribution >= 0.6 is 11.3 Å². The Labute approximate surface area is 166 Å². The molecular weight excluding hydrogens is 372 g/mol. The van der Waals surface area contributed by atoms with Gasteiger partial charge in [0.2, 0.25) is 0 Å². The van der Waals surface area contributed by atoms with Gasteiger partial charge in [0.1, 0.15) is 11.3 Å². The molecule has 0 atom stereocenters. The van der Waals surface area contributed by atoms with Gasteiger partial charge in [0, 0.05) is 11.9 Å². The molecule has 0 unspecified atom stereocenters. The average Bonchev–Trinajstić information content (AvgIpc) is 3.32. The Morgan fingerprint density at radius 3 is 2.82 bits per heavy atom. The zero-order chi connectivity index (χ0) is 19.8. The van der Waals surface area contributed by atoms with Gasteiger partial charge in [-0.3, -0.25) is 4.79 Å². The molecule has 0 radical (unpaired) electrons. The summed E-state index contributed by atoms with van der Waals surface area (Å²) in [7, 11) is 0. The normalized spacial score (nSPS) is 11.3. The Balaban J connectivity index is 1.71. The Morgan fingerprint density at radius 1 is 1.29 bits per heavy atom. The number of aromatic hydroxyl groups is 1. The number of anilines is 1. The van der Waals surface area contributed by atoms with E-state index in [9.17, 15) is 9.90 Å². The van der Waals surface area contributed by atoms with E-state index in [4.69, 9.17) is 0 Å². The summed E-state index contributed by atoms with van der Waals surface area (Å²) in [5, 5.41) is 19.5. The van der Waals surface area contributed by atoms with E-state index in [0.717, 1.165) is 21.7 Å². The number of aromatic nitrogens is 3. The lowest BCUT2D eigenvalue weighted by molar-refractivity contribution is 0.102. The van der Waals surface area contributed by atoms with Gasteiger partial charge in [0.05, 0.1) is 16.8 Å². The van der Waals surface area contributed by atoms with Crippen molar-refractivity contribution >= 4 is 28.6 Å². The fraction of sp³-hybridized carbons (Fsp3) is 0.190. The van der Waals surface area contributed by atoms with Gasteiger partial charge in [-0.1, -0.05) is 19.9 Å². The van der Waals surface area contributed by atoms with Gasteiger partial charge in [-0.15, -0.1) is 11.3 Å². The van der Waals surface area contributed by atoms with Gasteiger partial charge >= 0.3 is 0 Å². The standard InChI is InChI=1S/C21H20N4O2S/c1-12(2)14-10-16(13(3)9-18(14)26)24-21(27)15-11-23-25-17(6-7-22-20(15)25)19-5-4-8-28-19/h4-12,26H,1-3H3,(H,24,27). The van der Waals surface area contributed by atoms with E-state index in [1.807, 2.05) is 50.4 Å². The highest BCUT2D eigenvalue weighted by molar-refractivity contribution is 7.13. The minimum Gasteiger partial charge on any atom is -0.508 e. The van der Waals surface area contributed by atoms with Crippen molar-refractivity contribution in [1.82, 2.24) is 14.6 Å². The zero-order valence-electron chi connectivity index (χ0n) is 15.8. The molecule has 0 saturated carbocycles. The van der Waals surface area contributed by atoms with Crippen LogP contribution < -0.4 is 5.32 Å². The second-order valence-electron chi connectivity index (χ2n) is 6.94. The van der Waals surface area contributed by atoms with Crippen molar-refractivity contribution < 1.29 is 9.90 Å². The topological polar surface area (TPSA) is 79.5 Å². The first kappa shape index (κ1) is 18.2. The van der Waals surface area contributed by atoms with E-state index in [0.29, 0.717) is 16.9 Å². The molecule has 28 heavy (non-hydrogen) atoms. The number of benzene rings is 1. The molecule has 0 aliphatic rings. The first-order valence-corrected chi connectivity index (χ1v) is 9.85. The summed E-state index contributed by atoms with van der Waals surface area (Å²) in [6.07, 6.45) is 3.22. The Hall–Kier alpha value is -3.19. The van der Waals surface area contributed by atoms with E-state index < -0.39 is 0 Å². The van der Waals surface area contributed by atoms with E-state index in [2.05, 4.69) is 15.4 Å². The van der Waals surface area contributed by atoms with Crippen molar-refractivity contribution in [3.05, 3.63) is 64.8 Å². The van der Waals surface area contributed by atoms with Crippen molar-refractivity contribution in [3.8, 4) is 16.3 Å². The molecule has 7 heteroatoms. The van der Waals surface area contributed by atoms with Crippen molar-refractivity contribution in [1.29, 1.82) is 0 Å². The Bertz CT molecular complexity index is 1160. The number of hydrogen-bond acceptors (Lipinski definition) is 5. The number of hydrogen-bond donors (Lipinski definition) is 2. The summed E-state index contributed by atoms with van der Waals surface area (Å²) in [6, 6.07) is 9.36. The van der Waals surface area contributed by atoms with Gasteiger partial charge in [-0.05, 0) is 53.6 Å². The molecule has 142 valence electrons. The summed E-state index contributed by atoms with van der Waals surface area (Å²) in [6.45, 7) is 5.84. The highest BCUT2D eigenvalue weighted by Gasteiger charge is 2.18. The van der Waals surface area contributed by atoms with Gasteiger partial charge in [0.15, 0.2) is 5.65 Å². The number of nitrogens with zero attached hydrogens (tertiary/aromatic N) is 3. The summed E-state index contributed by atoms with van der Waals surface area (Å²) in [5.74, 6) is 0.0984. The fourth-order valence-electron chi connectivity index (χ4n) is 3.16. The number of nitrogens with one attached hydrogen (secondary N) is 1. The predicted molar refractivity (Wildman–Crippen MR) is 111 cm³/mol. The number of thiophene rings is 1. The lowest BCUT2D eigenvalue weighted by Crippen LogP contribution is -2.13. The van der Waals surface area contributed by atoms with Gasteiger partial charge < -0.3 is 10.4 Å². The van der Waals surface area contributed by atoms with Crippen LogP contribution in [0.25, 0.3) is 16.2 Å². The molecule has 0 spiro atoms. The molecule has 0 aliphatic heterocycles. The Kier molecular flexibility index (Phi) is 4.60. The first-order chi connectivity index (χ1) is 13.5. The lowest BCUT2D eigenvalue weighted by atomic mass is 9.99. The number of carbonyl (C=O) groups excluding carboxylic acids is 1. The van der Waals surface area contributed by atoms with Crippen LogP contribution in [0.2, 0.25) is 0 Å². The molecule has 1 amide bonds. The SMILES string of the molecule is Cc1cc(O)c(C(C)C)cc1NC(=O)c1cnn2c(-c3cccs3)ccnc12. The molecule has 0 saturated heterocycles. The molecule has 3 heterocycles. The number of phenolic OH excluding ortho intramolecular Hbond substituents is 1. The highest BCUT2D eigenvalue weighted by Crippen LogP contribution is 2.31. The maximum atomic E-state index is 12.9. The monoisotopic (exact) mass is 392 g/mol. The molecule has 1 aromatic carbocycles. The molecular formula is C21H20N4O2S. The van der Waals surface area contributed by atoms with Crippen LogP contribution in [0.3, 0.4) is 0 Å². The number of phenols is 1. The van der Waals surface area contributed by atoms with Crippen LogP contribution in [0.15, 0.2) is 48.1 Å². The van der Waals surface area contributed by atoms with Crippen LogP contribution in [0.1, 0.15) is 41.3 Å². The van der Waals surface area contributed by atoms with Crippen LogP contribution in [-0.4, -0.2) is 25.6 Å². The van der Waals surface area contributed by atoms with Crippen molar-refractivity contribution in [2.45, 2.75) is 26.7 Å². The fourth-order valence-corrected chi connectivity index (χ4v) is 3.89. The number of aryl methyl sites for hydroxylation is 1. The Morgan fingerprint density at radius 2 is 2.11 bits per heavy atom. The van der Waals surface area contributed by atoms with Gasteiger partial charge in [-0.25, -0.2) is 9.50 Å². The van der Waals surface area contributed by atoms with Gasteiger partial charge in [-0.2, -0.15) is 5.10 Å². The lowest BCUT2D eigenvalue weighted by Gasteiger charge is -2.14. The summed E-state index contributed by atoms with van der Waals surface area (Å²) >= 11 is 1.61. The summed E-state index contributed by atoms with van der Waals surface area (Å²) in [4.78, 5) is 18.4. The molecule has 0 bridgehead atoms. The van der Waals surface area contributed by atoms with E-state index in [1.165, 1.54) is 6.20 Å². The molecule has 0 fully saturated rings.